The standard InChI is InChI=1S/C24H23ClN4O2/c1-4-29-23-22(15(2)28-29)20(17-8-6-5-7-9-17)14-21(27-23)31-16(3)24(30)26-19-12-10-18(25)11-13-19/h5-14,16H,4H2,1-3H3,(H,26,30)/t16-/m1/s1. The highest BCUT2D eigenvalue weighted by Gasteiger charge is 2.20. The Balaban J connectivity index is 1.67. The van der Waals surface area contributed by atoms with Gasteiger partial charge < -0.3 is 10.1 Å². The number of rotatable bonds is 6. The first-order valence-electron chi connectivity index (χ1n) is 10.1. The van der Waals surface area contributed by atoms with Gasteiger partial charge >= 0.3 is 0 Å². The van der Waals surface area contributed by atoms with E-state index in [1.807, 2.05) is 54.9 Å². The second-order valence-corrected chi connectivity index (χ2v) is 7.67. The van der Waals surface area contributed by atoms with Gasteiger partial charge in [0, 0.05) is 23.3 Å². The Hall–Kier alpha value is -3.38. The molecule has 4 aromatic rings. The van der Waals surface area contributed by atoms with Crippen molar-refractivity contribution in [3.63, 3.8) is 0 Å². The van der Waals surface area contributed by atoms with Crippen LogP contribution in [0.15, 0.2) is 60.7 Å². The van der Waals surface area contributed by atoms with Gasteiger partial charge in [0.25, 0.3) is 5.91 Å². The molecule has 0 aliphatic rings. The normalized spacial score (nSPS) is 12.0. The number of carbonyl (C=O) groups excluding carboxylic acids is 1. The van der Waals surface area contributed by atoms with Crippen LogP contribution in [-0.2, 0) is 11.3 Å². The Kier molecular flexibility index (Phi) is 5.91. The molecule has 2 aromatic carbocycles. The van der Waals surface area contributed by atoms with Gasteiger partial charge in [-0.25, -0.2) is 4.68 Å². The SMILES string of the molecule is CCn1nc(C)c2c(-c3ccccc3)cc(O[C@H](C)C(=O)Nc3ccc(Cl)cc3)nc21. The number of aryl methyl sites for hydroxylation is 2. The van der Waals surface area contributed by atoms with Crippen LogP contribution >= 0.6 is 11.6 Å². The van der Waals surface area contributed by atoms with E-state index in [2.05, 4.69) is 15.4 Å². The maximum absolute atomic E-state index is 12.6. The fourth-order valence-corrected chi connectivity index (χ4v) is 3.59. The van der Waals surface area contributed by atoms with Gasteiger partial charge in [0.05, 0.1) is 11.1 Å². The summed E-state index contributed by atoms with van der Waals surface area (Å²) < 4.78 is 7.81. The number of hydrogen-bond donors (Lipinski definition) is 1. The molecule has 0 unspecified atom stereocenters. The first-order valence-corrected chi connectivity index (χ1v) is 10.5. The Labute approximate surface area is 185 Å². The number of amides is 1. The number of carbonyl (C=O) groups is 1. The smallest absolute Gasteiger partial charge is 0.265 e. The maximum atomic E-state index is 12.6. The van der Waals surface area contributed by atoms with Crippen LogP contribution in [0.5, 0.6) is 5.88 Å². The predicted octanol–water partition coefficient (Wildman–Crippen LogP) is 5.49. The number of aromatic nitrogens is 3. The molecule has 0 aliphatic carbocycles. The Morgan fingerprint density at radius 2 is 1.87 bits per heavy atom. The summed E-state index contributed by atoms with van der Waals surface area (Å²) in [7, 11) is 0. The van der Waals surface area contributed by atoms with E-state index in [1.165, 1.54) is 0 Å². The summed E-state index contributed by atoms with van der Waals surface area (Å²) in [6, 6.07) is 18.8. The van der Waals surface area contributed by atoms with Crippen molar-refractivity contribution in [2.45, 2.75) is 33.4 Å². The Morgan fingerprint density at radius 1 is 1.16 bits per heavy atom. The maximum Gasteiger partial charge on any atom is 0.265 e. The van der Waals surface area contributed by atoms with Crippen LogP contribution in [0.1, 0.15) is 19.5 Å². The number of ether oxygens (including phenoxy) is 1. The molecular weight excluding hydrogens is 412 g/mol. The molecule has 158 valence electrons. The number of nitrogens with zero attached hydrogens (tertiary/aromatic N) is 3. The number of anilines is 1. The highest BCUT2D eigenvalue weighted by atomic mass is 35.5. The van der Waals surface area contributed by atoms with E-state index in [4.69, 9.17) is 16.3 Å². The van der Waals surface area contributed by atoms with E-state index in [-0.39, 0.29) is 5.91 Å². The number of benzene rings is 2. The fraction of sp³-hybridized carbons (Fsp3) is 0.208. The van der Waals surface area contributed by atoms with Crippen LogP contribution in [0.3, 0.4) is 0 Å². The lowest BCUT2D eigenvalue weighted by molar-refractivity contribution is -0.122. The Morgan fingerprint density at radius 3 is 2.55 bits per heavy atom. The van der Waals surface area contributed by atoms with Gasteiger partial charge in [0.1, 0.15) is 0 Å². The van der Waals surface area contributed by atoms with E-state index in [1.54, 1.807) is 31.2 Å². The van der Waals surface area contributed by atoms with E-state index in [0.29, 0.717) is 23.1 Å². The summed E-state index contributed by atoms with van der Waals surface area (Å²) in [5, 5.41) is 9.04. The molecule has 0 radical (unpaired) electrons. The quantitative estimate of drug-likeness (QED) is 0.436. The van der Waals surface area contributed by atoms with Crippen LogP contribution in [0.4, 0.5) is 5.69 Å². The van der Waals surface area contributed by atoms with Crippen molar-refractivity contribution >= 4 is 34.2 Å². The van der Waals surface area contributed by atoms with E-state index < -0.39 is 6.10 Å². The second kappa shape index (κ2) is 8.78. The minimum absolute atomic E-state index is 0.273. The Bertz CT molecular complexity index is 1220. The lowest BCUT2D eigenvalue weighted by Gasteiger charge is -2.15. The molecule has 2 heterocycles. The van der Waals surface area contributed by atoms with Crippen molar-refractivity contribution < 1.29 is 9.53 Å². The molecule has 0 saturated carbocycles. The number of hydrogen-bond acceptors (Lipinski definition) is 4. The van der Waals surface area contributed by atoms with E-state index >= 15 is 0 Å². The number of fused-ring (bicyclic) bond motifs is 1. The average molecular weight is 435 g/mol. The summed E-state index contributed by atoms with van der Waals surface area (Å²) in [6.45, 7) is 6.38. The van der Waals surface area contributed by atoms with Gasteiger partial charge in [-0.3, -0.25) is 4.79 Å². The molecule has 0 saturated heterocycles. The minimum atomic E-state index is -0.747. The van der Waals surface area contributed by atoms with Crippen molar-refractivity contribution in [3.05, 3.63) is 71.4 Å². The number of pyridine rings is 1. The zero-order valence-corrected chi connectivity index (χ0v) is 18.3. The second-order valence-electron chi connectivity index (χ2n) is 7.23. The van der Waals surface area contributed by atoms with Crippen molar-refractivity contribution in [1.82, 2.24) is 14.8 Å². The van der Waals surface area contributed by atoms with Gasteiger partial charge in [0.2, 0.25) is 5.88 Å². The third-order valence-electron chi connectivity index (χ3n) is 5.02. The summed E-state index contributed by atoms with van der Waals surface area (Å²) in [4.78, 5) is 17.3. The summed E-state index contributed by atoms with van der Waals surface area (Å²) in [5.41, 5.74) is 4.31. The molecule has 1 amide bonds. The molecule has 0 fully saturated rings. The molecular formula is C24H23ClN4O2. The summed E-state index contributed by atoms with van der Waals surface area (Å²) in [5.74, 6) is 0.102. The van der Waals surface area contributed by atoms with Gasteiger partial charge in [0.15, 0.2) is 11.8 Å². The monoisotopic (exact) mass is 434 g/mol. The van der Waals surface area contributed by atoms with Crippen molar-refractivity contribution in [1.29, 1.82) is 0 Å². The van der Waals surface area contributed by atoms with E-state index in [0.717, 1.165) is 27.9 Å². The van der Waals surface area contributed by atoms with Gasteiger partial charge in [-0.05, 0) is 56.2 Å². The number of nitrogens with one attached hydrogen (secondary N) is 1. The van der Waals surface area contributed by atoms with Gasteiger partial charge in [-0.15, -0.1) is 0 Å². The first kappa shape index (κ1) is 20.9. The molecule has 6 nitrogen and oxygen atoms in total. The molecule has 7 heteroatoms. The summed E-state index contributed by atoms with van der Waals surface area (Å²) >= 11 is 5.90. The molecule has 31 heavy (non-hydrogen) atoms. The van der Waals surface area contributed by atoms with Crippen molar-refractivity contribution in [3.8, 4) is 17.0 Å². The van der Waals surface area contributed by atoms with Crippen LogP contribution in [-0.4, -0.2) is 26.8 Å². The van der Waals surface area contributed by atoms with Crippen LogP contribution < -0.4 is 10.1 Å². The molecule has 1 N–H and O–H groups in total. The number of halogens is 1. The minimum Gasteiger partial charge on any atom is -0.464 e. The predicted molar refractivity (Wildman–Crippen MR) is 124 cm³/mol. The topological polar surface area (TPSA) is 69.0 Å². The lowest BCUT2D eigenvalue weighted by atomic mass is 10.0. The zero-order chi connectivity index (χ0) is 22.0. The fourth-order valence-electron chi connectivity index (χ4n) is 3.47. The third-order valence-corrected chi connectivity index (χ3v) is 5.27. The third kappa shape index (κ3) is 4.39. The van der Waals surface area contributed by atoms with Gasteiger partial charge in [-0.2, -0.15) is 10.1 Å². The van der Waals surface area contributed by atoms with Crippen LogP contribution in [0, 0.1) is 6.92 Å². The van der Waals surface area contributed by atoms with Crippen molar-refractivity contribution in [2.24, 2.45) is 0 Å². The highest BCUT2D eigenvalue weighted by Crippen LogP contribution is 2.33. The zero-order valence-electron chi connectivity index (χ0n) is 17.6. The highest BCUT2D eigenvalue weighted by molar-refractivity contribution is 6.30. The lowest BCUT2D eigenvalue weighted by Crippen LogP contribution is -2.30. The molecule has 0 aliphatic heterocycles. The van der Waals surface area contributed by atoms with Gasteiger partial charge in [-0.1, -0.05) is 41.9 Å². The molecule has 1 atom stereocenters. The molecule has 2 aromatic heterocycles. The molecule has 4 rings (SSSR count). The first-order chi connectivity index (χ1) is 15.0. The van der Waals surface area contributed by atoms with E-state index in [9.17, 15) is 4.79 Å². The molecule has 0 spiro atoms. The molecule has 0 bridgehead atoms. The largest absolute Gasteiger partial charge is 0.464 e. The van der Waals surface area contributed by atoms with Crippen LogP contribution in [0.25, 0.3) is 22.2 Å². The summed E-state index contributed by atoms with van der Waals surface area (Å²) in [6.07, 6.45) is -0.747. The van der Waals surface area contributed by atoms with Crippen molar-refractivity contribution in [2.75, 3.05) is 5.32 Å². The average Bonchev–Trinajstić information content (AvgIpc) is 3.11. The van der Waals surface area contributed by atoms with Crippen LogP contribution in [0.2, 0.25) is 5.02 Å².